The second-order valence-electron chi connectivity index (χ2n) is 5.86. The summed E-state index contributed by atoms with van der Waals surface area (Å²) in [6.07, 6.45) is 1.17. The maximum Gasteiger partial charge on any atom is 0.338 e. The predicted molar refractivity (Wildman–Crippen MR) is 100 cm³/mol. The number of ether oxygens (including phenoxy) is 2. The summed E-state index contributed by atoms with van der Waals surface area (Å²) in [6.45, 7) is 1.97. The summed E-state index contributed by atoms with van der Waals surface area (Å²) in [7, 11) is 2.56. The number of aryl methyl sites for hydroxylation is 1. The molecule has 0 aliphatic rings. The van der Waals surface area contributed by atoms with Crippen LogP contribution in [0.5, 0.6) is 0 Å². The van der Waals surface area contributed by atoms with Crippen molar-refractivity contribution in [2.75, 3.05) is 14.2 Å². The smallest absolute Gasteiger partial charge is 0.338 e. The fourth-order valence-electron chi connectivity index (χ4n) is 2.93. The average molecular weight is 349 g/mol. The molecule has 3 aromatic rings. The predicted octanol–water partition coefficient (Wildman–Crippen LogP) is 3.87. The van der Waals surface area contributed by atoms with Crippen LogP contribution < -0.4 is 0 Å². The molecular weight excluding hydrogens is 330 g/mol. The number of hydrogen-bond acceptors (Lipinski definition) is 4. The molecule has 0 aliphatic heterocycles. The van der Waals surface area contributed by atoms with E-state index in [0.29, 0.717) is 5.56 Å². The molecule has 26 heavy (non-hydrogen) atoms. The maximum atomic E-state index is 12.5. The average Bonchev–Trinajstić information content (AvgIpc) is 3.04. The first-order valence-electron chi connectivity index (χ1n) is 8.11. The van der Waals surface area contributed by atoms with Crippen molar-refractivity contribution in [3.8, 4) is 11.3 Å². The van der Waals surface area contributed by atoms with Gasteiger partial charge in [-0.2, -0.15) is 0 Å². The Labute approximate surface area is 151 Å². The van der Waals surface area contributed by atoms with Crippen LogP contribution in [-0.4, -0.2) is 31.1 Å². The van der Waals surface area contributed by atoms with E-state index in [1.165, 1.54) is 20.3 Å². The molecule has 0 aliphatic carbocycles. The molecule has 2 aromatic carbocycles. The Kier molecular flexibility index (Phi) is 4.89. The highest BCUT2D eigenvalue weighted by Crippen LogP contribution is 2.36. The van der Waals surface area contributed by atoms with Gasteiger partial charge in [0.1, 0.15) is 0 Å². The van der Waals surface area contributed by atoms with Gasteiger partial charge in [-0.15, -0.1) is 0 Å². The van der Waals surface area contributed by atoms with Crippen molar-refractivity contribution in [1.29, 1.82) is 0 Å². The van der Waals surface area contributed by atoms with Crippen LogP contribution in [0.25, 0.3) is 27.7 Å². The Morgan fingerprint density at radius 2 is 1.73 bits per heavy atom. The van der Waals surface area contributed by atoms with E-state index >= 15 is 0 Å². The molecule has 0 saturated heterocycles. The highest BCUT2D eigenvalue weighted by molar-refractivity contribution is 6.25. The molecule has 5 nitrogen and oxygen atoms in total. The topological polar surface area (TPSA) is 68.4 Å². The first kappa shape index (κ1) is 17.5. The van der Waals surface area contributed by atoms with Gasteiger partial charge in [0.05, 0.1) is 25.5 Å². The molecule has 1 aromatic heterocycles. The van der Waals surface area contributed by atoms with Gasteiger partial charge in [-0.3, -0.25) is 0 Å². The van der Waals surface area contributed by atoms with Crippen molar-refractivity contribution >= 4 is 28.4 Å². The summed E-state index contributed by atoms with van der Waals surface area (Å²) in [6, 6.07) is 15.5. The summed E-state index contributed by atoms with van der Waals surface area (Å²) < 4.78 is 9.64. The van der Waals surface area contributed by atoms with Crippen molar-refractivity contribution < 1.29 is 19.1 Å². The summed E-state index contributed by atoms with van der Waals surface area (Å²) in [5, 5.41) is 0.837. The summed E-state index contributed by atoms with van der Waals surface area (Å²) in [5.74, 6) is -1.22. The third-order valence-electron chi connectivity index (χ3n) is 4.15. The van der Waals surface area contributed by atoms with Crippen molar-refractivity contribution in [2.45, 2.75) is 6.92 Å². The van der Waals surface area contributed by atoms with Crippen molar-refractivity contribution in [2.24, 2.45) is 0 Å². The number of carbonyl (C=O) groups is 2. The molecule has 3 rings (SSSR count). The molecule has 0 spiro atoms. The van der Waals surface area contributed by atoms with Gasteiger partial charge in [0, 0.05) is 22.5 Å². The summed E-state index contributed by atoms with van der Waals surface area (Å²) in [5.41, 5.74) is 4.31. The van der Waals surface area contributed by atoms with Gasteiger partial charge in [0.15, 0.2) is 0 Å². The monoisotopic (exact) mass is 349 g/mol. The van der Waals surface area contributed by atoms with Crippen LogP contribution in [0.3, 0.4) is 0 Å². The number of H-pyrrole nitrogens is 1. The van der Waals surface area contributed by atoms with E-state index in [1.54, 1.807) is 0 Å². The van der Waals surface area contributed by atoms with Gasteiger partial charge in [0.25, 0.3) is 0 Å². The first-order valence-corrected chi connectivity index (χ1v) is 8.11. The minimum atomic E-state index is -0.619. The number of fused-ring (bicyclic) bond motifs is 1. The molecule has 1 N–H and O–H groups in total. The van der Waals surface area contributed by atoms with Crippen molar-refractivity contribution in [1.82, 2.24) is 4.98 Å². The van der Waals surface area contributed by atoms with E-state index in [4.69, 9.17) is 9.47 Å². The number of esters is 2. The number of benzene rings is 2. The number of nitrogens with one attached hydrogen (secondary N) is 1. The lowest BCUT2D eigenvalue weighted by Gasteiger charge is -2.09. The molecular formula is C21H19NO4. The molecule has 0 unspecified atom stereocenters. The van der Waals surface area contributed by atoms with Gasteiger partial charge in [-0.1, -0.05) is 42.0 Å². The van der Waals surface area contributed by atoms with Crippen LogP contribution in [0.4, 0.5) is 0 Å². The van der Waals surface area contributed by atoms with E-state index in [9.17, 15) is 9.59 Å². The number of aromatic amines is 1. The minimum Gasteiger partial charge on any atom is -0.466 e. The van der Waals surface area contributed by atoms with Crippen LogP contribution in [0.15, 0.2) is 54.6 Å². The van der Waals surface area contributed by atoms with E-state index in [0.717, 1.165) is 27.7 Å². The molecule has 0 atom stereocenters. The highest BCUT2D eigenvalue weighted by Gasteiger charge is 2.23. The van der Waals surface area contributed by atoms with Gasteiger partial charge < -0.3 is 14.5 Å². The Morgan fingerprint density at radius 1 is 1.00 bits per heavy atom. The van der Waals surface area contributed by atoms with Crippen LogP contribution >= 0.6 is 0 Å². The minimum absolute atomic E-state index is 0.148. The number of carbonyl (C=O) groups excluding carboxylic acids is 2. The van der Waals surface area contributed by atoms with Crippen LogP contribution in [0, 0.1) is 6.92 Å². The first-order chi connectivity index (χ1) is 12.5. The molecule has 0 saturated carbocycles. The van der Waals surface area contributed by atoms with E-state index in [2.05, 4.69) is 4.98 Å². The number of rotatable bonds is 4. The number of hydrogen-bond donors (Lipinski definition) is 1. The molecule has 1 heterocycles. The molecule has 0 fully saturated rings. The standard InChI is InChI=1S/C21H19NO4/c1-13-9-10-17-15(11-13)19(16(21(24)26-3)12-18(23)25-2)20(22-17)14-7-5-4-6-8-14/h4-12,22H,1-3H3/b16-12-. The van der Waals surface area contributed by atoms with E-state index in [1.807, 2.05) is 55.5 Å². The second kappa shape index (κ2) is 7.27. The van der Waals surface area contributed by atoms with Gasteiger partial charge in [-0.05, 0) is 24.6 Å². The van der Waals surface area contributed by atoms with Crippen molar-refractivity contribution in [3.63, 3.8) is 0 Å². The lowest BCUT2D eigenvalue weighted by molar-refractivity contribution is -0.136. The Bertz CT molecular complexity index is 1000. The van der Waals surface area contributed by atoms with Crippen LogP contribution in [-0.2, 0) is 19.1 Å². The third-order valence-corrected chi connectivity index (χ3v) is 4.15. The lowest BCUT2D eigenvalue weighted by atomic mass is 9.97. The Morgan fingerprint density at radius 3 is 2.38 bits per heavy atom. The Balaban J connectivity index is 2.37. The molecule has 5 heteroatoms. The SMILES string of the molecule is COC(=O)/C=C(\C(=O)OC)c1c(-c2ccccc2)[nH]c2ccc(C)cc12. The summed E-state index contributed by atoms with van der Waals surface area (Å²) in [4.78, 5) is 27.7. The van der Waals surface area contributed by atoms with E-state index < -0.39 is 11.9 Å². The van der Waals surface area contributed by atoms with E-state index in [-0.39, 0.29) is 5.57 Å². The Hall–Kier alpha value is -3.34. The second-order valence-corrected chi connectivity index (χ2v) is 5.86. The summed E-state index contributed by atoms with van der Waals surface area (Å²) >= 11 is 0. The van der Waals surface area contributed by atoms with Crippen LogP contribution in [0.2, 0.25) is 0 Å². The van der Waals surface area contributed by atoms with Crippen molar-refractivity contribution in [3.05, 3.63) is 65.7 Å². The quantitative estimate of drug-likeness (QED) is 0.573. The zero-order valence-electron chi connectivity index (χ0n) is 14.8. The third kappa shape index (κ3) is 3.24. The lowest BCUT2D eigenvalue weighted by Crippen LogP contribution is -2.08. The van der Waals surface area contributed by atoms with Gasteiger partial charge in [0.2, 0.25) is 0 Å². The highest BCUT2D eigenvalue weighted by atomic mass is 16.5. The maximum absolute atomic E-state index is 12.5. The zero-order valence-corrected chi connectivity index (χ0v) is 14.8. The molecule has 0 amide bonds. The molecule has 0 bridgehead atoms. The van der Waals surface area contributed by atoms with Gasteiger partial charge >= 0.3 is 11.9 Å². The normalized spacial score (nSPS) is 11.4. The fraction of sp³-hybridized carbons (Fsp3) is 0.143. The number of methoxy groups -OCH3 is 2. The fourth-order valence-corrected chi connectivity index (χ4v) is 2.93. The molecule has 0 radical (unpaired) electrons. The number of aromatic nitrogens is 1. The molecule has 132 valence electrons. The largest absolute Gasteiger partial charge is 0.466 e. The zero-order chi connectivity index (χ0) is 18.7. The van der Waals surface area contributed by atoms with Crippen LogP contribution in [0.1, 0.15) is 11.1 Å². The van der Waals surface area contributed by atoms with Gasteiger partial charge in [-0.25, -0.2) is 9.59 Å².